The lowest BCUT2D eigenvalue weighted by molar-refractivity contribution is -0.384. The molecule has 122 valence electrons. The van der Waals surface area contributed by atoms with Crippen LogP contribution in [-0.2, 0) is 9.53 Å². The number of non-ortho nitro benzene ring substituents is 1. The third-order valence-corrected chi connectivity index (χ3v) is 3.72. The van der Waals surface area contributed by atoms with Crippen molar-refractivity contribution in [2.24, 2.45) is 5.92 Å². The maximum absolute atomic E-state index is 12.3. The predicted octanol–water partition coefficient (Wildman–Crippen LogP) is 2.20. The number of esters is 1. The molecule has 1 aliphatic heterocycles. The van der Waals surface area contributed by atoms with E-state index in [4.69, 9.17) is 17.0 Å². The van der Waals surface area contributed by atoms with Gasteiger partial charge < -0.3 is 15.4 Å². The Morgan fingerprint density at radius 1 is 1.43 bits per heavy atom. The Morgan fingerprint density at radius 2 is 2.13 bits per heavy atom. The lowest BCUT2D eigenvalue weighted by Crippen LogP contribution is -2.46. The molecule has 1 aliphatic rings. The van der Waals surface area contributed by atoms with Gasteiger partial charge in [-0.25, -0.2) is 4.79 Å². The number of nitro groups is 1. The molecule has 0 aromatic heterocycles. The molecule has 0 saturated carbocycles. The molecule has 2 rings (SSSR count). The molecule has 1 heterocycles. The average Bonchev–Trinajstić information content (AvgIpc) is 2.53. The molecule has 7 nitrogen and oxygen atoms in total. The number of hydrogen-bond acceptors (Lipinski definition) is 5. The van der Waals surface area contributed by atoms with Gasteiger partial charge in [0.05, 0.1) is 23.6 Å². The Bertz CT molecular complexity index is 700. The second-order valence-corrected chi connectivity index (χ2v) is 5.77. The minimum atomic E-state index is -0.603. The fraction of sp³-hybridized carbons (Fsp3) is 0.333. The van der Waals surface area contributed by atoms with E-state index in [0.29, 0.717) is 21.9 Å². The molecule has 8 heteroatoms. The normalized spacial score (nSPS) is 17.6. The summed E-state index contributed by atoms with van der Waals surface area (Å²) in [6.45, 7) is 3.84. The van der Waals surface area contributed by atoms with E-state index in [9.17, 15) is 14.9 Å². The predicted molar refractivity (Wildman–Crippen MR) is 88.6 cm³/mol. The van der Waals surface area contributed by atoms with Crippen LogP contribution in [0.3, 0.4) is 0 Å². The van der Waals surface area contributed by atoms with Crippen molar-refractivity contribution in [3.63, 3.8) is 0 Å². The summed E-state index contributed by atoms with van der Waals surface area (Å²) >= 11 is 5.20. The van der Waals surface area contributed by atoms with E-state index in [2.05, 4.69) is 10.6 Å². The highest BCUT2D eigenvalue weighted by Crippen LogP contribution is 2.31. The number of allylic oxidation sites excluding steroid dienone is 1. The summed E-state index contributed by atoms with van der Waals surface area (Å²) in [5.74, 6) is -0.502. The minimum Gasteiger partial charge on any atom is -0.466 e. The summed E-state index contributed by atoms with van der Waals surface area (Å²) in [6.07, 6.45) is 0. The molecule has 1 aromatic rings. The van der Waals surface area contributed by atoms with Crippen LogP contribution in [0, 0.1) is 16.0 Å². The summed E-state index contributed by atoms with van der Waals surface area (Å²) in [5.41, 5.74) is 1.54. The zero-order chi connectivity index (χ0) is 17.1. The number of nitrogens with zero attached hydrogens (tertiary/aromatic N) is 1. The Labute approximate surface area is 138 Å². The Morgan fingerprint density at radius 3 is 2.70 bits per heavy atom. The van der Waals surface area contributed by atoms with Crippen LogP contribution in [-0.4, -0.2) is 23.1 Å². The van der Waals surface area contributed by atoms with E-state index >= 15 is 0 Å². The van der Waals surface area contributed by atoms with Gasteiger partial charge in [-0.05, 0) is 23.7 Å². The topological polar surface area (TPSA) is 93.5 Å². The summed E-state index contributed by atoms with van der Waals surface area (Å²) < 4.78 is 4.88. The molecular weight excluding hydrogens is 318 g/mol. The molecule has 0 aliphatic carbocycles. The third-order valence-electron chi connectivity index (χ3n) is 3.50. The molecule has 0 fully saturated rings. The van der Waals surface area contributed by atoms with Crippen molar-refractivity contribution in [3.8, 4) is 0 Å². The van der Waals surface area contributed by atoms with Crippen LogP contribution in [0.4, 0.5) is 5.69 Å². The molecule has 23 heavy (non-hydrogen) atoms. The number of methoxy groups -OCH3 is 1. The Balaban J connectivity index is 2.59. The van der Waals surface area contributed by atoms with Gasteiger partial charge in [-0.1, -0.05) is 26.0 Å². The molecule has 0 spiro atoms. The van der Waals surface area contributed by atoms with E-state index in [1.54, 1.807) is 12.1 Å². The van der Waals surface area contributed by atoms with Crippen LogP contribution in [0.5, 0.6) is 0 Å². The van der Waals surface area contributed by atoms with Gasteiger partial charge in [0.1, 0.15) is 0 Å². The van der Waals surface area contributed by atoms with Crippen molar-refractivity contribution in [3.05, 3.63) is 51.2 Å². The first-order chi connectivity index (χ1) is 10.8. The van der Waals surface area contributed by atoms with Gasteiger partial charge in [0.2, 0.25) is 0 Å². The number of hydrogen-bond donors (Lipinski definition) is 2. The molecular formula is C15H17N3O4S. The first kappa shape index (κ1) is 16.9. The van der Waals surface area contributed by atoms with Crippen LogP contribution in [0.2, 0.25) is 0 Å². The number of ether oxygens (including phenoxy) is 1. The van der Waals surface area contributed by atoms with Crippen molar-refractivity contribution in [2.75, 3.05) is 7.11 Å². The average molecular weight is 335 g/mol. The highest BCUT2D eigenvalue weighted by molar-refractivity contribution is 7.80. The number of thiocarbonyl (C=S) groups is 1. The second-order valence-electron chi connectivity index (χ2n) is 5.36. The van der Waals surface area contributed by atoms with E-state index in [-0.39, 0.29) is 11.6 Å². The molecule has 2 N–H and O–H groups in total. The highest BCUT2D eigenvalue weighted by Gasteiger charge is 2.33. The fourth-order valence-corrected chi connectivity index (χ4v) is 2.67. The van der Waals surface area contributed by atoms with Gasteiger partial charge in [-0.15, -0.1) is 0 Å². The van der Waals surface area contributed by atoms with E-state index in [1.807, 2.05) is 13.8 Å². The summed E-state index contributed by atoms with van der Waals surface area (Å²) in [4.78, 5) is 22.8. The number of rotatable bonds is 4. The van der Waals surface area contributed by atoms with Gasteiger partial charge in [-0.2, -0.15) is 0 Å². The highest BCUT2D eigenvalue weighted by atomic mass is 32.1. The zero-order valence-corrected chi connectivity index (χ0v) is 13.8. The largest absolute Gasteiger partial charge is 0.466 e. The van der Waals surface area contributed by atoms with Crippen LogP contribution in [0.1, 0.15) is 25.5 Å². The minimum absolute atomic E-state index is 0.00495. The van der Waals surface area contributed by atoms with Crippen LogP contribution in [0.25, 0.3) is 0 Å². The van der Waals surface area contributed by atoms with Crippen molar-refractivity contribution in [1.29, 1.82) is 0 Å². The summed E-state index contributed by atoms with van der Waals surface area (Å²) in [5, 5.41) is 17.3. The van der Waals surface area contributed by atoms with Crippen LogP contribution >= 0.6 is 12.2 Å². The van der Waals surface area contributed by atoms with E-state index in [0.717, 1.165) is 0 Å². The van der Waals surface area contributed by atoms with Crippen molar-refractivity contribution >= 4 is 29.0 Å². The standard InChI is InChI=1S/C15H17N3O4S/c1-8(2)12-11(14(19)22-3)13(17-15(23)16-12)9-5-4-6-10(7-9)18(20)21/h4-8,13H,1-3H3,(H2,16,17,23)/t13-/m0/s1. The van der Waals surface area contributed by atoms with Crippen LogP contribution in [0.15, 0.2) is 35.5 Å². The zero-order valence-electron chi connectivity index (χ0n) is 13.0. The van der Waals surface area contributed by atoms with Gasteiger partial charge in [0.25, 0.3) is 5.69 Å². The SMILES string of the molecule is COC(=O)C1=C(C(C)C)NC(=S)N[C@H]1c1cccc([N+](=O)[O-])c1. The van der Waals surface area contributed by atoms with Gasteiger partial charge in [0.15, 0.2) is 5.11 Å². The van der Waals surface area contributed by atoms with Crippen LogP contribution < -0.4 is 10.6 Å². The number of carbonyl (C=O) groups excluding carboxylic acids is 1. The fourth-order valence-electron chi connectivity index (χ4n) is 2.45. The first-order valence-corrected chi connectivity index (χ1v) is 7.40. The lowest BCUT2D eigenvalue weighted by Gasteiger charge is -2.32. The van der Waals surface area contributed by atoms with Gasteiger partial charge >= 0.3 is 5.97 Å². The van der Waals surface area contributed by atoms with Crippen molar-refractivity contribution < 1.29 is 14.5 Å². The molecule has 1 atom stereocenters. The van der Waals surface area contributed by atoms with Crippen molar-refractivity contribution in [1.82, 2.24) is 10.6 Å². The monoisotopic (exact) mass is 335 g/mol. The summed E-state index contributed by atoms with van der Waals surface area (Å²) in [7, 11) is 1.30. The maximum atomic E-state index is 12.3. The van der Waals surface area contributed by atoms with Crippen molar-refractivity contribution in [2.45, 2.75) is 19.9 Å². The molecule has 0 radical (unpaired) electrons. The third kappa shape index (κ3) is 3.48. The quantitative estimate of drug-likeness (QED) is 0.377. The number of benzene rings is 1. The Kier molecular flexibility index (Phi) is 4.95. The number of nitrogens with one attached hydrogen (secondary N) is 2. The molecule has 0 amide bonds. The number of nitro benzene ring substituents is 1. The van der Waals surface area contributed by atoms with Gasteiger partial charge in [0, 0.05) is 17.8 Å². The first-order valence-electron chi connectivity index (χ1n) is 6.99. The molecule has 0 saturated heterocycles. The summed E-state index contributed by atoms with van der Waals surface area (Å²) in [6, 6.07) is 5.50. The van der Waals surface area contributed by atoms with Gasteiger partial charge in [-0.3, -0.25) is 10.1 Å². The molecule has 0 bridgehead atoms. The number of carbonyl (C=O) groups is 1. The Hall–Kier alpha value is -2.48. The van der Waals surface area contributed by atoms with E-state index in [1.165, 1.54) is 19.2 Å². The molecule has 1 aromatic carbocycles. The maximum Gasteiger partial charge on any atom is 0.337 e. The lowest BCUT2D eigenvalue weighted by atomic mass is 9.91. The second kappa shape index (κ2) is 6.74. The molecule has 0 unspecified atom stereocenters. The van der Waals surface area contributed by atoms with E-state index < -0.39 is 16.9 Å². The smallest absolute Gasteiger partial charge is 0.337 e.